The van der Waals surface area contributed by atoms with E-state index in [2.05, 4.69) is 5.32 Å². The summed E-state index contributed by atoms with van der Waals surface area (Å²) >= 11 is 5.88. The molecule has 0 unspecified atom stereocenters. The Hall–Kier alpha value is -2.54. The summed E-state index contributed by atoms with van der Waals surface area (Å²) in [6, 6.07) is 12.6. The molecule has 2 aromatic carbocycles. The van der Waals surface area contributed by atoms with Crippen molar-refractivity contribution >= 4 is 34.8 Å². The average Bonchev–Trinajstić information content (AvgIpc) is 2.55. The summed E-state index contributed by atoms with van der Waals surface area (Å²) in [6.07, 6.45) is -4.76. The maximum atomic E-state index is 12.3. The van der Waals surface area contributed by atoms with Crippen molar-refractivity contribution in [2.45, 2.75) is 31.9 Å². The highest BCUT2D eigenvalue weighted by molar-refractivity contribution is 6.30. The third-order valence-electron chi connectivity index (χ3n) is 3.91. The molecule has 8 heteroatoms. The molecule has 2 amide bonds. The van der Waals surface area contributed by atoms with Crippen LogP contribution in [0.15, 0.2) is 48.5 Å². The van der Waals surface area contributed by atoms with E-state index < -0.39 is 17.5 Å². The highest BCUT2D eigenvalue weighted by Crippen LogP contribution is 2.28. The zero-order chi connectivity index (χ0) is 20.2. The molecule has 0 fully saturated rings. The van der Waals surface area contributed by atoms with Crippen molar-refractivity contribution in [2.75, 3.05) is 10.6 Å². The molecule has 0 heterocycles. The molecule has 4 nitrogen and oxygen atoms in total. The SMILES string of the molecule is CC(C)(CC(=O)Nc1ccc(NC(=O)C(F)(F)F)cc1)c1ccc(Cl)cc1. The smallest absolute Gasteiger partial charge is 0.326 e. The lowest BCUT2D eigenvalue weighted by Crippen LogP contribution is -2.29. The Morgan fingerprint density at radius 3 is 1.85 bits per heavy atom. The van der Waals surface area contributed by atoms with Gasteiger partial charge in [-0.2, -0.15) is 13.2 Å². The van der Waals surface area contributed by atoms with Gasteiger partial charge in [-0.25, -0.2) is 0 Å². The van der Waals surface area contributed by atoms with Crippen LogP contribution in [0.2, 0.25) is 5.02 Å². The second kappa shape index (κ2) is 8.00. The number of carbonyl (C=O) groups excluding carboxylic acids is 2. The zero-order valence-corrected chi connectivity index (χ0v) is 15.4. The molecule has 0 spiro atoms. The summed E-state index contributed by atoms with van der Waals surface area (Å²) in [6.45, 7) is 3.84. The van der Waals surface area contributed by atoms with Gasteiger partial charge in [0.1, 0.15) is 0 Å². The van der Waals surface area contributed by atoms with Crippen LogP contribution in [-0.4, -0.2) is 18.0 Å². The number of halogens is 4. The fourth-order valence-electron chi connectivity index (χ4n) is 2.45. The number of hydrogen-bond donors (Lipinski definition) is 2. The normalized spacial score (nSPS) is 11.8. The second-order valence-electron chi connectivity index (χ2n) is 6.64. The molecule has 0 saturated carbocycles. The predicted molar refractivity (Wildman–Crippen MR) is 98.9 cm³/mol. The standard InChI is InChI=1S/C19H18ClF3N2O2/c1-18(2,12-3-5-13(20)6-4-12)11-16(26)24-14-7-9-15(10-8-14)25-17(27)19(21,22)23/h3-10H,11H2,1-2H3,(H,24,26)(H,25,27). The van der Waals surface area contributed by atoms with Crippen molar-refractivity contribution in [1.29, 1.82) is 0 Å². The quantitative estimate of drug-likeness (QED) is 0.732. The Kier molecular flexibility index (Phi) is 6.15. The fourth-order valence-corrected chi connectivity index (χ4v) is 2.57. The van der Waals surface area contributed by atoms with E-state index in [1.54, 1.807) is 17.4 Å². The minimum atomic E-state index is -4.96. The Morgan fingerprint density at radius 2 is 1.37 bits per heavy atom. The molecule has 27 heavy (non-hydrogen) atoms. The molecule has 2 rings (SSSR count). The number of alkyl halides is 3. The summed E-state index contributed by atoms with van der Waals surface area (Å²) in [5.74, 6) is -2.30. The average molecular weight is 399 g/mol. The van der Waals surface area contributed by atoms with Crippen LogP contribution in [0.1, 0.15) is 25.8 Å². The van der Waals surface area contributed by atoms with Gasteiger partial charge >= 0.3 is 12.1 Å². The summed E-state index contributed by atoms with van der Waals surface area (Å²) < 4.78 is 36.7. The van der Waals surface area contributed by atoms with E-state index in [1.165, 1.54) is 24.3 Å². The lowest BCUT2D eigenvalue weighted by atomic mass is 9.81. The monoisotopic (exact) mass is 398 g/mol. The first-order valence-corrected chi connectivity index (χ1v) is 8.39. The van der Waals surface area contributed by atoms with Gasteiger partial charge in [0.15, 0.2) is 0 Å². The third-order valence-corrected chi connectivity index (χ3v) is 4.16. The number of amides is 2. The van der Waals surface area contributed by atoms with Gasteiger partial charge in [-0.1, -0.05) is 37.6 Å². The second-order valence-corrected chi connectivity index (χ2v) is 7.08. The van der Waals surface area contributed by atoms with Gasteiger partial charge in [0.25, 0.3) is 0 Å². The highest BCUT2D eigenvalue weighted by atomic mass is 35.5. The minimum absolute atomic E-state index is 0.0168. The molecule has 0 atom stereocenters. The topological polar surface area (TPSA) is 58.2 Å². The highest BCUT2D eigenvalue weighted by Gasteiger charge is 2.38. The van der Waals surface area contributed by atoms with Crippen LogP contribution < -0.4 is 10.6 Å². The molecule has 0 aliphatic carbocycles. The number of anilines is 2. The lowest BCUT2D eigenvalue weighted by molar-refractivity contribution is -0.167. The Balaban J connectivity index is 1.97. The molecule has 0 bridgehead atoms. The van der Waals surface area contributed by atoms with Crippen molar-refractivity contribution in [2.24, 2.45) is 0 Å². The van der Waals surface area contributed by atoms with Crippen molar-refractivity contribution in [3.63, 3.8) is 0 Å². The molecular weight excluding hydrogens is 381 g/mol. The van der Waals surface area contributed by atoms with Gasteiger partial charge < -0.3 is 10.6 Å². The van der Waals surface area contributed by atoms with Gasteiger partial charge in [-0.3, -0.25) is 9.59 Å². The molecule has 0 aliphatic heterocycles. The molecule has 2 N–H and O–H groups in total. The van der Waals surface area contributed by atoms with Gasteiger partial charge in [0.2, 0.25) is 5.91 Å². The lowest BCUT2D eigenvalue weighted by Gasteiger charge is -2.24. The first-order valence-electron chi connectivity index (χ1n) is 8.01. The number of rotatable bonds is 5. The molecule has 0 radical (unpaired) electrons. The maximum absolute atomic E-state index is 12.3. The fraction of sp³-hybridized carbons (Fsp3) is 0.263. The van der Waals surface area contributed by atoms with Crippen molar-refractivity contribution < 1.29 is 22.8 Å². The van der Waals surface area contributed by atoms with Gasteiger partial charge in [0.05, 0.1) is 0 Å². The Morgan fingerprint density at radius 1 is 0.889 bits per heavy atom. The van der Waals surface area contributed by atoms with Gasteiger partial charge in [-0.15, -0.1) is 0 Å². The molecule has 0 aromatic heterocycles. The third kappa shape index (κ3) is 5.99. The summed E-state index contributed by atoms with van der Waals surface area (Å²) in [5, 5.41) is 5.04. The number of hydrogen-bond acceptors (Lipinski definition) is 2. The first-order chi connectivity index (χ1) is 12.5. The van der Waals surface area contributed by atoms with E-state index in [0.29, 0.717) is 10.7 Å². The van der Waals surface area contributed by atoms with E-state index in [0.717, 1.165) is 5.56 Å². The number of benzene rings is 2. The minimum Gasteiger partial charge on any atom is -0.326 e. The van der Waals surface area contributed by atoms with Crippen LogP contribution in [-0.2, 0) is 15.0 Å². The van der Waals surface area contributed by atoms with Crippen LogP contribution in [0.3, 0.4) is 0 Å². The Labute approximate surface area is 159 Å². The molecule has 0 saturated heterocycles. The number of nitrogens with one attached hydrogen (secondary N) is 2. The van der Waals surface area contributed by atoms with E-state index >= 15 is 0 Å². The molecular formula is C19H18ClF3N2O2. The van der Waals surface area contributed by atoms with Gasteiger partial charge in [-0.05, 0) is 47.4 Å². The van der Waals surface area contributed by atoms with Crippen LogP contribution in [0.25, 0.3) is 0 Å². The van der Waals surface area contributed by atoms with Crippen LogP contribution in [0.5, 0.6) is 0 Å². The largest absolute Gasteiger partial charge is 0.471 e. The van der Waals surface area contributed by atoms with Crippen molar-refractivity contribution in [3.8, 4) is 0 Å². The molecule has 2 aromatic rings. The van der Waals surface area contributed by atoms with Crippen LogP contribution >= 0.6 is 11.6 Å². The van der Waals surface area contributed by atoms with Crippen LogP contribution in [0.4, 0.5) is 24.5 Å². The summed E-state index contributed by atoms with van der Waals surface area (Å²) in [7, 11) is 0. The molecule has 0 aliphatic rings. The van der Waals surface area contributed by atoms with Crippen LogP contribution in [0, 0.1) is 0 Å². The number of carbonyl (C=O) groups is 2. The molecule has 144 valence electrons. The van der Waals surface area contributed by atoms with E-state index in [9.17, 15) is 22.8 Å². The first kappa shape index (κ1) is 20.8. The summed E-state index contributed by atoms with van der Waals surface area (Å²) in [4.78, 5) is 23.2. The maximum Gasteiger partial charge on any atom is 0.471 e. The van der Waals surface area contributed by atoms with E-state index in [-0.39, 0.29) is 18.0 Å². The van der Waals surface area contributed by atoms with E-state index in [4.69, 9.17) is 11.6 Å². The Bertz CT molecular complexity index is 816. The van der Waals surface area contributed by atoms with Gasteiger partial charge in [0, 0.05) is 22.8 Å². The summed E-state index contributed by atoms with van der Waals surface area (Å²) in [5.41, 5.74) is 0.913. The van der Waals surface area contributed by atoms with E-state index in [1.807, 2.05) is 26.0 Å². The zero-order valence-electron chi connectivity index (χ0n) is 14.7. The van der Waals surface area contributed by atoms with Crippen molar-refractivity contribution in [1.82, 2.24) is 0 Å². The van der Waals surface area contributed by atoms with Crippen molar-refractivity contribution in [3.05, 3.63) is 59.1 Å². The predicted octanol–water partition coefficient (Wildman–Crippen LogP) is 5.15.